The van der Waals surface area contributed by atoms with Crippen molar-refractivity contribution in [2.45, 2.75) is 25.4 Å². The monoisotopic (exact) mass is 295 g/mol. The molecule has 1 aliphatic heterocycles. The van der Waals surface area contributed by atoms with Gasteiger partial charge in [-0.3, -0.25) is 4.68 Å². The Morgan fingerprint density at radius 2 is 1.86 bits per heavy atom. The maximum atomic E-state index is 12.6. The van der Waals surface area contributed by atoms with Crippen LogP contribution in [0.3, 0.4) is 0 Å². The Morgan fingerprint density at radius 1 is 1.14 bits per heavy atom. The van der Waals surface area contributed by atoms with Gasteiger partial charge in [0.25, 0.3) is 0 Å². The Hall–Kier alpha value is -1.98. The van der Waals surface area contributed by atoms with Crippen molar-refractivity contribution >= 4 is 5.82 Å². The highest BCUT2D eigenvalue weighted by Crippen LogP contribution is 2.34. The van der Waals surface area contributed by atoms with Crippen molar-refractivity contribution in [3.8, 4) is 11.3 Å². The van der Waals surface area contributed by atoms with Crippen LogP contribution in [0, 0.1) is 0 Å². The van der Waals surface area contributed by atoms with Gasteiger partial charge in [0.15, 0.2) is 0 Å². The zero-order valence-electron chi connectivity index (χ0n) is 11.7. The third-order valence-corrected chi connectivity index (χ3v) is 3.78. The Balaban J connectivity index is 2.01. The number of anilines is 1. The molecule has 2 aromatic rings. The van der Waals surface area contributed by atoms with E-state index < -0.39 is 11.7 Å². The molecule has 0 fully saturated rings. The topological polar surface area (TPSA) is 29.9 Å². The van der Waals surface area contributed by atoms with Crippen LogP contribution in [-0.4, -0.2) is 16.3 Å². The summed E-state index contributed by atoms with van der Waals surface area (Å²) in [6.07, 6.45) is -1.27. The first kappa shape index (κ1) is 14.0. The van der Waals surface area contributed by atoms with Crippen LogP contribution in [0.2, 0.25) is 0 Å². The number of aromatic nitrogens is 2. The predicted octanol–water partition coefficient (Wildman–Crippen LogP) is 3.85. The molecule has 2 heterocycles. The highest BCUT2D eigenvalue weighted by atomic mass is 19.4. The van der Waals surface area contributed by atoms with Crippen LogP contribution in [0.1, 0.15) is 24.0 Å². The summed E-state index contributed by atoms with van der Waals surface area (Å²) in [7, 11) is 1.85. The first-order valence-electron chi connectivity index (χ1n) is 6.94. The number of hydrogen-bond acceptors (Lipinski definition) is 2. The number of aryl methyl sites for hydroxylation is 1. The fourth-order valence-electron chi connectivity index (χ4n) is 2.71. The molecule has 112 valence electrons. The van der Waals surface area contributed by atoms with Crippen molar-refractivity contribution in [1.82, 2.24) is 9.78 Å². The van der Waals surface area contributed by atoms with Gasteiger partial charge in [-0.25, -0.2) is 0 Å². The van der Waals surface area contributed by atoms with E-state index in [1.807, 2.05) is 7.05 Å². The summed E-state index contributed by atoms with van der Waals surface area (Å²) < 4.78 is 39.6. The largest absolute Gasteiger partial charge is 0.416 e. The molecule has 0 atom stereocenters. The van der Waals surface area contributed by atoms with Crippen LogP contribution in [0.25, 0.3) is 11.3 Å². The Kier molecular flexibility index (Phi) is 3.39. The average Bonchev–Trinajstić information content (AvgIpc) is 2.64. The number of benzene rings is 1. The fourth-order valence-corrected chi connectivity index (χ4v) is 2.71. The molecule has 0 aliphatic carbocycles. The zero-order valence-corrected chi connectivity index (χ0v) is 11.7. The minimum atomic E-state index is -4.30. The van der Waals surface area contributed by atoms with Crippen LogP contribution >= 0.6 is 0 Å². The van der Waals surface area contributed by atoms with Crippen LogP contribution in [0.4, 0.5) is 19.0 Å². The first-order valence-corrected chi connectivity index (χ1v) is 6.94. The second kappa shape index (κ2) is 5.09. The van der Waals surface area contributed by atoms with Gasteiger partial charge in [-0.2, -0.15) is 18.3 Å². The molecule has 1 aromatic heterocycles. The van der Waals surface area contributed by atoms with E-state index >= 15 is 0 Å². The number of alkyl halides is 3. The van der Waals surface area contributed by atoms with Crippen LogP contribution < -0.4 is 5.32 Å². The maximum absolute atomic E-state index is 12.6. The van der Waals surface area contributed by atoms with E-state index in [-0.39, 0.29) is 0 Å². The van der Waals surface area contributed by atoms with Crippen LogP contribution in [0.5, 0.6) is 0 Å². The molecule has 3 rings (SSSR count). The van der Waals surface area contributed by atoms with E-state index in [4.69, 9.17) is 0 Å². The first-order chi connectivity index (χ1) is 9.97. The van der Waals surface area contributed by atoms with Crippen molar-refractivity contribution in [2.75, 3.05) is 11.9 Å². The quantitative estimate of drug-likeness (QED) is 0.866. The van der Waals surface area contributed by atoms with Gasteiger partial charge in [0.1, 0.15) is 5.82 Å². The summed E-state index contributed by atoms with van der Waals surface area (Å²) in [6.45, 7) is 0.902. The molecule has 6 heteroatoms. The van der Waals surface area contributed by atoms with Crippen molar-refractivity contribution in [3.05, 3.63) is 35.4 Å². The lowest BCUT2D eigenvalue weighted by atomic mass is 10.0. The standard InChI is InChI=1S/C15H16F3N3/c1-21-14-12(4-2-3-9-19-14)13(20-21)10-5-7-11(8-6-10)15(16,17)18/h5-8,19H,2-4,9H2,1H3. The van der Waals surface area contributed by atoms with E-state index in [0.29, 0.717) is 0 Å². The average molecular weight is 295 g/mol. The second-order valence-corrected chi connectivity index (χ2v) is 5.26. The van der Waals surface area contributed by atoms with Gasteiger partial charge in [0, 0.05) is 24.7 Å². The summed E-state index contributed by atoms with van der Waals surface area (Å²) in [5.41, 5.74) is 1.96. The van der Waals surface area contributed by atoms with E-state index in [9.17, 15) is 13.2 Å². The Labute approximate surface area is 120 Å². The Morgan fingerprint density at radius 3 is 2.52 bits per heavy atom. The fraction of sp³-hybridized carbons (Fsp3) is 0.400. The molecule has 0 saturated heterocycles. The lowest BCUT2D eigenvalue weighted by Crippen LogP contribution is -2.04. The summed E-state index contributed by atoms with van der Waals surface area (Å²) in [5, 5.41) is 7.81. The molecule has 1 aromatic carbocycles. The van der Waals surface area contributed by atoms with Gasteiger partial charge in [-0.15, -0.1) is 0 Å². The normalized spacial score (nSPS) is 15.2. The lowest BCUT2D eigenvalue weighted by molar-refractivity contribution is -0.137. The Bertz CT molecular complexity index is 641. The van der Waals surface area contributed by atoms with Gasteiger partial charge in [-0.05, 0) is 31.4 Å². The molecule has 21 heavy (non-hydrogen) atoms. The predicted molar refractivity (Wildman–Crippen MR) is 75.1 cm³/mol. The molecule has 1 N–H and O–H groups in total. The summed E-state index contributed by atoms with van der Waals surface area (Å²) >= 11 is 0. The minimum Gasteiger partial charge on any atom is -0.370 e. The van der Waals surface area contributed by atoms with Crippen molar-refractivity contribution < 1.29 is 13.2 Å². The molecule has 0 amide bonds. The zero-order chi connectivity index (χ0) is 15.0. The second-order valence-electron chi connectivity index (χ2n) is 5.26. The lowest BCUT2D eigenvalue weighted by Gasteiger charge is -2.07. The highest BCUT2D eigenvalue weighted by Gasteiger charge is 2.30. The number of fused-ring (bicyclic) bond motifs is 1. The van der Waals surface area contributed by atoms with E-state index in [1.54, 1.807) is 4.68 Å². The number of halogens is 3. The van der Waals surface area contributed by atoms with Crippen molar-refractivity contribution in [2.24, 2.45) is 7.05 Å². The van der Waals surface area contributed by atoms with Gasteiger partial charge in [-0.1, -0.05) is 12.1 Å². The molecule has 1 aliphatic rings. The molecule has 0 bridgehead atoms. The van der Waals surface area contributed by atoms with E-state index in [0.717, 1.165) is 60.6 Å². The SMILES string of the molecule is Cn1nc(-c2ccc(C(F)(F)F)cc2)c2c1NCCCC2. The summed E-state index contributed by atoms with van der Waals surface area (Å²) in [5.74, 6) is 0.974. The van der Waals surface area contributed by atoms with Crippen molar-refractivity contribution in [1.29, 1.82) is 0 Å². The molecule has 0 radical (unpaired) electrons. The van der Waals surface area contributed by atoms with Gasteiger partial charge in [0.05, 0.1) is 11.3 Å². The van der Waals surface area contributed by atoms with Crippen molar-refractivity contribution in [3.63, 3.8) is 0 Å². The number of nitrogens with zero attached hydrogens (tertiary/aromatic N) is 2. The molecule has 0 unspecified atom stereocenters. The summed E-state index contributed by atoms with van der Waals surface area (Å²) in [6, 6.07) is 5.22. The van der Waals surface area contributed by atoms with E-state index in [2.05, 4.69) is 10.4 Å². The van der Waals surface area contributed by atoms with Crippen LogP contribution in [0.15, 0.2) is 24.3 Å². The highest BCUT2D eigenvalue weighted by molar-refractivity contribution is 5.70. The molecular formula is C15H16F3N3. The number of rotatable bonds is 1. The number of hydrogen-bond donors (Lipinski definition) is 1. The molecule has 3 nitrogen and oxygen atoms in total. The smallest absolute Gasteiger partial charge is 0.370 e. The third-order valence-electron chi connectivity index (χ3n) is 3.78. The van der Waals surface area contributed by atoms with Gasteiger partial charge >= 0.3 is 6.18 Å². The van der Waals surface area contributed by atoms with Gasteiger partial charge < -0.3 is 5.32 Å². The molecular weight excluding hydrogens is 279 g/mol. The summed E-state index contributed by atoms with van der Waals surface area (Å²) in [4.78, 5) is 0. The minimum absolute atomic E-state index is 0.633. The maximum Gasteiger partial charge on any atom is 0.416 e. The third kappa shape index (κ3) is 2.62. The van der Waals surface area contributed by atoms with Gasteiger partial charge in [0.2, 0.25) is 0 Å². The van der Waals surface area contributed by atoms with Crippen LogP contribution in [-0.2, 0) is 19.6 Å². The number of nitrogens with one attached hydrogen (secondary N) is 1. The molecule has 0 saturated carbocycles. The molecule has 0 spiro atoms. The van der Waals surface area contributed by atoms with E-state index in [1.165, 1.54) is 12.1 Å².